The molecule has 1 heterocycles. The van der Waals surface area contributed by atoms with Gasteiger partial charge in [-0.1, -0.05) is 12.1 Å². The number of hydrogen-bond acceptors (Lipinski definition) is 3. The molecular formula is C13H15F2N3O. The lowest BCUT2D eigenvalue weighted by Gasteiger charge is -2.08. The van der Waals surface area contributed by atoms with Crippen LogP contribution in [0.15, 0.2) is 36.7 Å². The zero-order valence-corrected chi connectivity index (χ0v) is 10.5. The van der Waals surface area contributed by atoms with E-state index in [4.69, 9.17) is 4.74 Å². The zero-order chi connectivity index (χ0) is 13.7. The largest absolute Gasteiger partial charge is 0.497 e. The van der Waals surface area contributed by atoms with Gasteiger partial charge in [0.05, 0.1) is 13.7 Å². The Balaban J connectivity index is 1.90. The molecule has 0 atom stereocenters. The van der Waals surface area contributed by atoms with Gasteiger partial charge in [0.1, 0.15) is 11.6 Å². The van der Waals surface area contributed by atoms with Crippen LogP contribution in [0.4, 0.5) is 8.78 Å². The van der Waals surface area contributed by atoms with Gasteiger partial charge >= 0.3 is 6.55 Å². The minimum absolute atomic E-state index is 0.286. The van der Waals surface area contributed by atoms with Crippen LogP contribution in [0.2, 0.25) is 0 Å². The maximum absolute atomic E-state index is 12.6. The van der Waals surface area contributed by atoms with Gasteiger partial charge < -0.3 is 10.1 Å². The van der Waals surface area contributed by atoms with Crippen molar-refractivity contribution in [1.82, 2.24) is 14.9 Å². The molecule has 0 aliphatic carbocycles. The molecule has 1 N–H and O–H groups in total. The molecule has 2 aromatic rings. The number of aromatic nitrogens is 2. The highest BCUT2D eigenvalue weighted by atomic mass is 19.3. The Bertz CT molecular complexity index is 528. The minimum Gasteiger partial charge on any atom is -0.497 e. The van der Waals surface area contributed by atoms with E-state index in [1.54, 1.807) is 7.11 Å². The van der Waals surface area contributed by atoms with Crippen molar-refractivity contribution in [2.45, 2.75) is 19.6 Å². The van der Waals surface area contributed by atoms with Gasteiger partial charge in [-0.05, 0) is 17.7 Å². The monoisotopic (exact) mass is 267 g/mol. The van der Waals surface area contributed by atoms with Crippen LogP contribution >= 0.6 is 0 Å². The molecule has 1 aromatic carbocycles. The zero-order valence-electron chi connectivity index (χ0n) is 10.5. The minimum atomic E-state index is -2.56. The predicted octanol–water partition coefficient (Wildman–Crippen LogP) is 2.58. The topological polar surface area (TPSA) is 39.1 Å². The van der Waals surface area contributed by atoms with E-state index in [0.717, 1.165) is 15.9 Å². The van der Waals surface area contributed by atoms with Gasteiger partial charge in [0.2, 0.25) is 0 Å². The molecule has 0 saturated carbocycles. The lowest BCUT2D eigenvalue weighted by atomic mass is 10.2. The average Bonchev–Trinajstić information content (AvgIpc) is 2.87. The van der Waals surface area contributed by atoms with Gasteiger partial charge in [0, 0.05) is 18.9 Å². The number of methoxy groups -OCH3 is 1. The lowest BCUT2D eigenvalue weighted by Crippen LogP contribution is -2.17. The van der Waals surface area contributed by atoms with Gasteiger partial charge in [0.15, 0.2) is 0 Å². The normalized spacial score (nSPS) is 10.9. The van der Waals surface area contributed by atoms with Crippen molar-refractivity contribution in [3.63, 3.8) is 0 Å². The maximum Gasteiger partial charge on any atom is 0.319 e. The van der Waals surface area contributed by atoms with Crippen LogP contribution in [0.25, 0.3) is 0 Å². The van der Waals surface area contributed by atoms with Crippen LogP contribution in [-0.2, 0) is 13.1 Å². The molecule has 102 valence electrons. The van der Waals surface area contributed by atoms with Crippen LogP contribution in [0.1, 0.15) is 17.9 Å². The fraction of sp³-hybridized carbons (Fsp3) is 0.308. The summed E-state index contributed by atoms with van der Waals surface area (Å²) in [6.45, 7) is -1.71. The highest BCUT2D eigenvalue weighted by molar-refractivity contribution is 5.28. The highest BCUT2D eigenvalue weighted by Crippen LogP contribution is 2.14. The van der Waals surface area contributed by atoms with E-state index in [-0.39, 0.29) is 6.54 Å². The number of hydrogen-bond donors (Lipinski definition) is 1. The fourth-order valence-corrected chi connectivity index (χ4v) is 1.76. The van der Waals surface area contributed by atoms with E-state index in [1.807, 2.05) is 24.3 Å². The second kappa shape index (κ2) is 6.29. The SMILES string of the molecule is COc1cccc(CNCc2nccn2C(F)F)c1. The van der Waals surface area contributed by atoms with Crippen molar-refractivity contribution in [2.75, 3.05) is 7.11 Å². The van der Waals surface area contributed by atoms with Gasteiger partial charge in [-0.15, -0.1) is 0 Å². The van der Waals surface area contributed by atoms with Crippen LogP contribution < -0.4 is 10.1 Å². The third-order valence-electron chi connectivity index (χ3n) is 2.71. The van der Waals surface area contributed by atoms with Gasteiger partial charge in [-0.25, -0.2) is 4.98 Å². The molecule has 2 rings (SSSR count). The Morgan fingerprint density at radius 1 is 1.37 bits per heavy atom. The van der Waals surface area contributed by atoms with E-state index in [2.05, 4.69) is 10.3 Å². The third-order valence-corrected chi connectivity index (χ3v) is 2.71. The Labute approximate surface area is 110 Å². The average molecular weight is 267 g/mol. The van der Waals surface area contributed by atoms with Crippen molar-refractivity contribution < 1.29 is 13.5 Å². The summed E-state index contributed by atoms with van der Waals surface area (Å²) in [5, 5.41) is 3.08. The van der Waals surface area contributed by atoms with E-state index in [0.29, 0.717) is 12.4 Å². The molecule has 0 unspecified atom stereocenters. The summed E-state index contributed by atoms with van der Waals surface area (Å²) in [6.07, 6.45) is 2.64. The van der Waals surface area contributed by atoms with E-state index < -0.39 is 6.55 Å². The van der Waals surface area contributed by atoms with E-state index in [1.165, 1.54) is 12.4 Å². The number of nitrogens with one attached hydrogen (secondary N) is 1. The molecule has 0 radical (unpaired) electrons. The molecule has 1 aromatic heterocycles. The summed E-state index contributed by atoms with van der Waals surface area (Å²) >= 11 is 0. The molecule has 0 aliphatic heterocycles. The van der Waals surface area contributed by atoms with Gasteiger partial charge in [-0.2, -0.15) is 8.78 Å². The quantitative estimate of drug-likeness (QED) is 0.874. The molecule has 0 saturated heterocycles. The maximum atomic E-state index is 12.6. The number of benzene rings is 1. The molecule has 0 amide bonds. The summed E-state index contributed by atoms with van der Waals surface area (Å²) in [4.78, 5) is 3.90. The van der Waals surface area contributed by atoms with Crippen molar-refractivity contribution in [2.24, 2.45) is 0 Å². The Hall–Kier alpha value is -1.95. The molecule has 0 spiro atoms. The molecule has 19 heavy (non-hydrogen) atoms. The first-order valence-corrected chi connectivity index (χ1v) is 5.84. The number of rotatable bonds is 6. The molecular weight excluding hydrogens is 252 g/mol. The second-order valence-corrected chi connectivity index (χ2v) is 3.98. The van der Waals surface area contributed by atoms with Crippen LogP contribution in [0.5, 0.6) is 5.75 Å². The number of alkyl halides is 2. The first-order chi connectivity index (χ1) is 9.20. The van der Waals surface area contributed by atoms with Crippen molar-refractivity contribution in [1.29, 1.82) is 0 Å². The van der Waals surface area contributed by atoms with Crippen LogP contribution in [0.3, 0.4) is 0 Å². The molecule has 0 fully saturated rings. The molecule has 4 nitrogen and oxygen atoms in total. The van der Waals surface area contributed by atoms with Crippen molar-refractivity contribution in [3.05, 3.63) is 48.0 Å². The van der Waals surface area contributed by atoms with Crippen LogP contribution in [0, 0.1) is 0 Å². The fourth-order valence-electron chi connectivity index (χ4n) is 1.76. The first-order valence-electron chi connectivity index (χ1n) is 5.84. The number of imidazole rings is 1. The molecule has 0 aliphatic rings. The van der Waals surface area contributed by atoms with Crippen LogP contribution in [-0.4, -0.2) is 16.7 Å². The third kappa shape index (κ3) is 3.51. The smallest absolute Gasteiger partial charge is 0.319 e. The van der Waals surface area contributed by atoms with Crippen molar-refractivity contribution in [3.8, 4) is 5.75 Å². The van der Waals surface area contributed by atoms with Gasteiger partial charge in [-0.3, -0.25) is 4.57 Å². The Morgan fingerprint density at radius 3 is 2.95 bits per heavy atom. The van der Waals surface area contributed by atoms with Gasteiger partial charge in [0.25, 0.3) is 0 Å². The molecule has 6 heteroatoms. The summed E-state index contributed by atoms with van der Waals surface area (Å²) in [7, 11) is 1.60. The van der Waals surface area contributed by atoms with Crippen molar-refractivity contribution >= 4 is 0 Å². The van der Waals surface area contributed by atoms with E-state index in [9.17, 15) is 8.78 Å². The van der Waals surface area contributed by atoms with E-state index >= 15 is 0 Å². The Kier molecular flexibility index (Phi) is 4.46. The number of ether oxygens (including phenoxy) is 1. The summed E-state index contributed by atoms with van der Waals surface area (Å²) in [6, 6.07) is 7.57. The molecule has 0 bridgehead atoms. The lowest BCUT2D eigenvalue weighted by molar-refractivity contribution is 0.0666. The summed E-state index contributed by atoms with van der Waals surface area (Å²) in [5.41, 5.74) is 1.02. The highest BCUT2D eigenvalue weighted by Gasteiger charge is 2.10. The first kappa shape index (κ1) is 13.5. The summed E-state index contributed by atoms with van der Waals surface area (Å²) < 4.78 is 31.1. The number of nitrogens with zero attached hydrogens (tertiary/aromatic N) is 2. The predicted molar refractivity (Wildman–Crippen MR) is 67.0 cm³/mol. The number of halogens is 2. The summed E-state index contributed by atoms with van der Waals surface area (Å²) in [5.74, 6) is 1.09. The Morgan fingerprint density at radius 2 is 2.21 bits per heavy atom. The standard InChI is InChI=1S/C13H15F2N3O/c1-19-11-4-2-3-10(7-11)8-16-9-12-17-5-6-18(12)13(14)15/h2-7,13,16H,8-9H2,1H3. The second-order valence-electron chi connectivity index (χ2n) is 3.98.